The number of amides is 2. The SMILES string of the molecule is Cc1ccc(C(=O)N[C@H](C(=O)NCc2ccnc(-n3ccnc3)c2)C(C)C)cc1. The Balaban J connectivity index is 1.63. The van der Waals surface area contributed by atoms with Gasteiger partial charge in [-0.2, -0.15) is 0 Å². The van der Waals surface area contributed by atoms with Crippen LogP contribution in [0.1, 0.15) is 35.3 Å². The van der Waals surface area contributed by atoms with Gasteiger partial charge in [0.2, 0.25) is 5.91 Å². The van der Waals surface area contributed by atoms with Crippen molar-refractivity contribution in [1.82, 2.24) is 25.2 Å². The zero-order valence-electron chi connectivity index (χ0n) is 16.8. The number of hydrogen-bond donors (Lipinski definition) is 2. The van der Waals surface area contributed by atoms with Crippen LogP contribution in [0.15, 0.2) is 61.3 Å². The van der Waals surface area contributed by atoms with Gasteiger partial charge in [0.25, 0.3) is 5.91 Å². The molecule has 2 amide bonds. The zero-order valence-corrected chi connectivity index (χ0v) is 16.8. The molecule has 0 spiro atoms. The Morgan fingerprint density at radius 2 is 1.86 bits per heavy atom. The highest BCUT2D eigenvalue weighted by molar-refractivity contribution is 5.97. The van der Waals surface area contributed by atoms with Gasteiger partial charge in [-0.05, 0) is 42.7 Å². The van der Waals surface area contributed by atoms with E-state index in [-0.39, 0.29) is 17.7 Å². The molecule has 2 heterocycles. The predicted molar refractivity (Wildman–Crippen MR) is 110 cm³/mol. The molecule has 0 bridgehead atoms. The van der Waals surface area contributed by atoms with E-state index in [4.69, 9.17) is 0 Å². The molecule has 0 aliphatic carbocycles. The topological polar surface area (TPSA) is 88.9 Å². The number of nitrogens with zero attached hydrogens (tertiary/aromatic N) is 3. The van der Waals surface area contributed by atoms with Crippen LogP contribution in [0.3, 0.4) is 0 Å². The van der Waals surface area contributed by atoms with Gasteiger partial charge in [-0.25, -0.2) is 9.97 Å². The van der Waals surface area contributed by atoms with Crippen LogP contribution in [-0.4, -0.2) is 32.4 Å². The first kappa shape index (κ1) is 20.3. The van der Waals surface area contributed by atoms with Gasteiger partial charge in [-0.3, -0.25) is 14.2 Å². The molecule has 3 rings (SSSR count). The molecule has 150 valence electrons. The Bertz CT molecular complexity index is 965. The number of rotatable bonds is 7. The second-order valence-electron chi connectivity index (χ2n) is 7.27. The minimum absolute atomic E-state index is 0.0525. The lowest BCUT2D eigenvalue weighted by Crippen LogP contribution is -2.49. The molecule has 0 aliphatic rings. The van der Waals surface area contributed by atoms with Crippen molar-refractivity contribution in [3.63, 3.8) is 0 Å². The number of imidazole rings is 1. The van der Waals surface area contributed by atoms with E-state index in [9.17, 15) is 9.59 Å². The second kappa shape index (κ2) is 9.14. The molecule has 7 nitrogen and oxygen atoms in total. The maximum atomic E-state index is 12.7. The quantitative estimate of drug-likeness (QED) is 0.648. The van der Waals surface area contributed by atoms with Gasteiger partial charge < -0.3 is 10.6 Å². The van der Waals surface area contributed by atoms with Gasteiger partial charge in [0.05, 0.1) is 0 Å². The summed E-state index contributed by atoms with van der Waals surface area (Å²) in [5.41, 5.74) is 2.52. The van der Waals surface area contributed by atoms with Crippen molar-refractivity contribution in [2.75, 3.05) is 0 Å². The number of carbonyl (C=O) groups is 2. The van der Waals surface area contributed by atoms with Crippen molar-refractivity contribution in [2.24, 2.45) is 5.92 Å². The highest BCUT2D eigenvalue weighted by atomic mass is 16.2. The molecule has 0 radical (unpaired) electrons. The molecule has 0 aliphatic heterocycles. The third-order valence-corrected chi connectivity index (χ3v) is 4.60. The van der Waals surface area contributed by atoms with Crippen molar-refractivity contribution >= 4 is 11.8 Å². The minimum Gasteiger partial charge on any atom is -0.350 e. The second-order valence-corrected chi connectivity index (χ2v) is 7.27. The molecule has 29 heavy (non-hydrogen) atoms. The Kier molecular flexibility index (Phi) is 6.39. The summed E-state index contributed by atoms with van der Waals surface area (Å²) in [7, 11) is 0. The summed E-state index contributed by atoms with van der Waals surface area (Å²) in [6, 6.07) is 10.4. The third kappa shape index (κ3) is 5.28. The summed E-state index contributed by atoms with van der Waals surface area (Å²) in [5, 5.41) is 5.76. The largest absolute Gasteiger partial charge is 0.350 e. The van der Waals surface area contributed by atoms with Gasteiger partial charge in [-0.1, -0.05) is 31.5 Å². The first-order valence-electron chi connectivity index (χ1n) is 9.52. The van der Waals surface area contributed by atoms with Crippen molar-refractivity contribution in [3.05, 3.63) is 78.0 Å². The number of nitrogens with one attached hydrogen (secondary N) is 2. The van der Waals surface area contributed by atoms with Crippen LogP contribution in [0.25, 0.3) is 5.82 Å². The van der Waals surface area contributed by atoms with Gasteiger partial charge >= 0.3 is 0 Å². The standard InChI is InChI=1S/C22H25N5O2/c1-15(2)20(26-21(28)18-6-4-16(3)5-7-18)22(29)25-13-17-8-9-24-19(12-17)27-11-10-23-14-27/h4-12,14-15,20H,13H2,1-3H3,(H,25,29)(H,26,28)/t20-/m0/s1. The number of hydrogen-bond acceptors (Lipinski definition) is 4. The number of aryl methyl sites for hydroxylation is 1. The van der Waals surface area contributed by atoms with Crippen LogP contribution in [0.2, 0.25) is 0 Å². The lowest BCUT2D eigenvalue weighted by atomic mass is 10.0. The smallest absolute Gasteiger partial charge is 0.251 e. The third-order valence-electron chi connectivity index (χ3n) is 4.60. The molecular weight excluding hydrogens is 366 g/mol. The van der Waals surface area contributed by atoms with E-state index in [1.54, 1.807) is 41.6 Å². The molecule has 0 saturated carbocycles. The Morgan fingerprint density at radius 3 is 2.52 bits per heavy atom. The van der Waals surface area contributed by atoms with E-state index in [1.165, 1.54) is 0 Å². The van der Waals surface area contributed by atoms with Crippen LogP contribution in [0, 0.1) is 12.8 Å². The fourth-order valence-electron chi connectivity index (χ4n) is 2.87. The highest BCUT2D eigenvalue weighted by Gasteiger charge is 2.24. The summed E-state index contributed by atoms with van der Waals surface area (Å²) in [6.07, 6.45) is 6.84. The number of benzene rings is 1. The highest BCUT2D eigenvalue weighted by Crippen LogP contribution is 2.09. The molecule has 3 aromatic rings. The lowest BCUT2D eigenvalue weighted by Gasteiger charge is -2.22. The summed E-state index contributed by atoms with van der Waals surface area (Å²) in [4.78, 5) is 33.6. The van der Waals surface area contributed by atoms with Crippen LogP contribution in [0.4, 0.5) is 0 Å². The number of pyridine rings is 1. The molecule has 7 heteroatoms. The van der Waals surface area contributed by atoms with Crippen LogP contribution in [0.5, 0.6) is 0 Å². The van der Waals surface area contributed by atoms with Crippen molar-refractivity contribution in [3.8, 4) is 5.82 Å². The fraction of sp³-hybridized carbons (Fsp3) is 0.273. The average Bonchev–Trinajstić information content (AvgIpc) is 3.25. The van der Waals surface area contributed by atoms with E-state index >= 15 is 0 Å². The maximum Gasteiger partial charge on any atom is 0.251 e. The van der Waals surface area contributed by atoms with Crippen LogP contribution >= 0.6 is 0 Å². The van der Waals surface area contributed by atoms with E-state index in [2.05, 4.69) is 20.6 Å². The van der Waals surface area contributed by atoms with Crippen molar-refractivity contribution in [1.29, 1.82) is 0 Å². The molecule has 2 N–H and O–H groups in total. The molecule has 1 atom stereocenters. The monoisotopic (exact) mass is 391 g/mol. The van der Waals surface area contributed by atoms with Crippen LogP contribution in [-0.2, 0) is 11.3 Å². The summed E-state index contributed by atoms with van der Waals surface area (Å²) >= 11 is 0. The molecule has 1 aromatic carbocycles. The van der Waals surface area contributed by atoms with Gasteiger partial charge in [-0.15, -0.1) is 0 Å². The first-order chi connectivity index (χ1) is 13.9. The van der Waals surface area contributed by atoms with Gasteiger partial charge in [0, 0.05) is 30.7 Å². The predicted octanol–water partition coefficient (Wildman–Crippen LogP) is 2.65. The minimum atomic E-state index is -0.626. The van der Waals surface area contributed by atoms with Crippen molar-refractivity contribution in [2.45, 2.75) is 33.4 Å². The van der Waals surface area contributed by atoms with Crippen LogP contribution < -0.4 is 10.6 Å². The zero-order chi connectivity index (χ0) is 20.8. The Morgan fingerprint density at radius 1 is 1.10 bits per heavy atom. The number of carbonyl (C=O) groups excluding carboxylic acids is 2. The van der Waals surface area contributed by atoms with Gasteiger partial charge in [0.15, 0.2) is 0 Å². The maximum absolute atomic E-state index is 12.7. The molecule has 0 saturated heterocycles. The fourth-order valence-corrected chi connectivity index (χ4v) is 2.87. The Labute approximate surface area is 170 Å². The first-order valence-corrected chi connectivity index (χ1v) is 9.52. The number of aromatic nitrogens is 3. The van der Waals surface area contributed by atoms with E-state index in [1.807, 2.05) is 45.0 Å². The summed E-state index contributed by atoms with van der Waals surface area (Å²) in [5.74, 6) is 0.192. The lowest BCUT2D eigenvalue weighted by molar-refractivity contribution is -0.124. The summed E-state index contributed by atoms with van der Waals surface area (Å²) < 4.78 is 1.80. The summed E-state index contributed by atoms with van der Waals surface area (Å²) in [6.45, 7) is 6.11. The Hall–Kier alpha value is -3.48. The normalized spacial score (nSPS) is 11.9. The van der Waals surface area contributed by atoms with E-state index in [0.717, 1.165) is 16.9 Å². The van der Waals surface area contributed by atoms with E-state index < -0.39 is 6.04 Å². The molecule has 2 aromatic heterocycles. The molecular formula is C22H25N5O2. The molecule has 0 fully saturated rings. The molecule has 0 unspecified atom stereocenters. The average molecular weight is 391 g/mol. The van der Waals surface area contributed by atoms with Crippen molar-refractivity contribution < 1.29 is 9.59 Å². The van der Waals surface area contributed by atoms with E-state index in [0.29, 0.717) is 12.1 Å². The van der Waals surface area contributed by atoms with Gasteiger partial charge in [0.1, 0.15) is 18.2 Å².